The number of carbonyl (C=O) groups excluding carboxylic acids is 3. The molecule has 0 aliphatic carbocycles. The Morgan fingerprint density at radius 3 is 2.12 bits per heavy atom. The van der Waals surface area contributed by atoms with E-state index >= 15 is 0 Å². The van der Waals surface area contributed by atoms with Crippen molar-refractivity contribution in [2.75, 3.05) is 17.3 Å². The Balaban J connectivity index is 2.13. The first-order valence-electron chi connectivity index (χ1n) is 14.8. The average molecular weight is 606 g/mol. The van der Waals surface area contributed by atoms with Crippen LogP contribution in [0.15, 0.2) is 60.7 Å². The van der Waals surface area contributed by atoms with Crippen molar-refractivity contribution in [3.8, 4) is 0 Å². The molecule has 8 heteroatoms. The molecule has 0 fully saturated rings. The molecule has 3 amide bonds. The van der Waals surface area contributed by atoms with Crippen LogP contribution in [0.4, 0.5) is 10.5 Å². The van der Waals surface area contributed by atoms with Crippen LogP contribution in [0.2, 0.25) is 0 Å². The Labute approximate surface area is 261 Å². The molecule has 2 N–H and O–H groups in total. The summed E-state index contributed by atoms with van der Waals surface area (Å²) in [6.45, 7) is 15.2. The number of nitrogens with one attached hydrogen (secondary N) is 2. The maximum Gasteiger partial charge on any atom is 0.408 e. The highest BCUT2D eigenvalue weighted by Crippen LogP contribution is 2.34. The van der Waals surface area contributed by atoms with Crippen LogP contribution in [0.3, 0.4) is 0 Å². The molecule has 3 rings (SSSR count). The summed E-state index contributed by atoms with van der Waals surface area (Å²) in [5.41, 5.74) is 1.89. The number of fused-ring (bicyclic) bond motifs is 1. The standard InChI is InChI=1S/C35H47N3O4S/c1-10-35(7,8)38(32(40)29(17-18-43-9)37-33(41)42-34(4,5)6)30(27-20-23(2)19-24(3)21-27)31(39)36-28-16-15-25-13-11-12-14-26(25)22-28/h11-16,19-22,29-30H,10,17-18H2,1-9H3,(H,36,39)(H,37,41). The molecule has 0 aliphatic rings. The summed E-state index contributed by atoms with van der Waals surface area (Å²) in [6.07, 6.45) is 2.27. The van der Waals surface area contributed by atoms with Gasteiger partial charge < -0.3 is 20.3 Å². The zero-order valence-electron chi connectivity index (χ0n) is 27.0. The monoisotopic (exact) mass is 605 g/mol. The van der Waals surface area contributed by atoms with Crippen LogP contribution >= 0.6 is 11.8 Å². The van der Waals surface area contributed by atoms with Gasteiger partial charge in [0.25, 0.3) is 5.91 Å². The van der Waals surface area contributed by atoms with Crippen LogP contribution in [0.5, 0.6) is 0 Å². The molecule has 7 nitrogen and oxygen atoms in total. The maximum atomic E-state index is 14.6. The maximum absolute atomic E-state index is 14.6. The average Bonchev–Trinajstić information content (AvgIpc) is 2.91. The third-order valence-corrected chi connectivity index (χ3v) is 8.08. The van der Waals surface area contributed by atoms with E-state index in [2.05, 4.69) is 10.6 Å². The van der Waals surface area contributed by atoms with Crippen LogP contribution < -0.4 is 10.6 Å². The van der Waals surface area contributed by atoms with Crippen molar-refractivity contribution in [1.29, 1.82) is 0 Å². The van der Waals surface area contributed by atoms with Gasteiger partial charge in [0.2, 0.25) is 5.91 Å². The zero-order valence-corrected chi connectivity index (χ0v) is 27.9. The van der Waals surface area contributed by atoms with Gasteiger partial charge in [-0.25, -0.2) is 4.79 Å². The van der Waals surface area contributed by atoms with Gasteiger partial charge in [-0.1, -0.05) is 66.6 Å². The molecule has 0 aliphatic heterocycles. The number of ether oxygens (including phenoxy) is 1. The minimum absolute atomic E-state index is 0.323. The number of hydrogen-bond donors (Lipinski definition) is 2. The first kappa shape index (κ1) is 34.0. The number of amides is 3. The van der Waals surface area contributed by atoms with Gasteiger partial charge in [0.05, 0.1) is 0 Å². The fourth-order valence-corrected chi connectivity index (χ4v) is 5.59. The molecule has 0 saturated heterocycles. The molecular weight excluding hydrogens is 558 g/mol. The van der Waals surface area contributed by atoms with Crippen molar-refractivity contribution in [3.63, 3.8) is 0 Å². The number of thioether (sulfide) groups is 1. The summed E-state index contributed by atoms with van der Waals surface area (Å²) < 4.78 is 5.52. The van der Waals surface area contributed by atoms with Gasteiger partial charge in [-0.3, -0.25) is 9.59 Å². The van der Waals surface area contributed by atoms with Crippen molar-refractivity contribution in [3.05, 3.63) is 77.4 Å². The van der Waals surface area contributed by atoms with Crippen LogP contribution in [0.1, 0.15) is 77.1 Å². The lowest BCUT2D eigenvalue weighted by atomic mass is 9.90. The fourth-order valence-electron chi connectivity index (χ4n) is 5.12. The second kappa shape index (κ2) is 14.3. The molecule has 0 heterocycles. The molecule has 0 saturated carbocycles. The molecule has 2 atom stereocenters. The second-order valence-corrected chi connectivity index (χ2v) is 13.7. The van der Waals surface area contributed by atoms with Crippen LogP contribution in [0, 0.1) is 13.8 Å². The fraction of sp³-hybridized carbons (Fsp3) is 0.457. The first-order valence-corrected chi connectivity index (χ1v) is 16.2. The zero-order chi connectivity index (χ0) is 31.9. The number of alkyl carbamates (subject to hydrolysis) is 1. The van der Waals surface area contributed by atoms with Crippen molar-refractivity contribution >= 4 is 46.1 Å². The Bertz CT molecular complexity index is 1430. The number of hydrogen-bond acceptors (Lipinski definition) is 5. The van der Waals surface area contributed by atoms with E-state index in [-0.39, 0.29) is 11.8 Å². The quantitative estimate of drug-likeness (QED) is 0.233. The Kier molecular flexibility index (Phi) is 11.3. The highest BCUT2D eigenvalue weighted by atomic mass is 32.2. The van der Waals surface area contributed by atoms with E-state index in [9.17, 15) is 14.4 Å². The van der Waals surface area contributed by atoms with Gasteiger partial charge in [0, 0.05) is 11.2 Å². The second-order valence-electron chi connectivity index (χ2n) is 12.7. The van der Waals surface area contributed by atoms with Gasteiger partial charge in [-0.15, -0.1) is 0 Å². The van der Waals surface area contributed by atoms with E-state index < -0.39 is 29.3 Å². The molecule has 0 aromatic heterocycles. The lowest BCUT2D eigenvalue weighted by Crippen LogP contribution is -2.59. The number of rotatable bonds is 11. The van der Waals surface area contributed by atoms with E-state index in [1.165, 1.54) is 0 Å². The summed E-state index contributed by atoms with van der Waals surface area (Å²) in [4.78, 5) is 43.6. The van der Waals surface area contributed by atoms with Gasteiger partial charge in [-0.2, -0.15) is 11.8 Å². The molecule has 43 heavy (non-hydrogen) atoms. The normalized spacial score (nSPS) is 13.2. The van der Waals surface area contributed by atoms with Crippen molar-refractivity contribution in [2.45, 2.75) is 91.5 Å². The number of anilines is 1. The van der Waals surface area contributed by atoms with Crippen LogP contribution in [0.25, 0.3) is 10.8 Å². The Morgan fingerprint density at radius 2 is 1.53 bits per heavy atom. The summed E-state index contributed by atoms with van der Waals surface area (Å²) in [5, 5.41) is 8.01. The minimum Gasteiger partial charge on any atom is -0.444 e. The SMILES string of the molecule is CCC(C)(C)N(C(=O)C(CCSC)NC(=O)OC(C)(C)C)C(C(=O)Nc1ccc2ccccc2c1)c1cc(C)cc(C)c1. The number of aryl methyl sites for hydroxylation is 2. The first-order chi connectivity index (χ1) is 20.1. The van der Waals surface area contributed by atoms with Crippen molar-refractivity contribution in [2.24, 2.45) is 0 Å². The topological polar surface area (TPSA) is 87.7 Å². The summed E-state index contributed by atoms with van der Waals surface area (Å²) >= 11 is 1.59. The predicted octanol–water partition coefficient (Wildman–Crippen LogP) is 7.80. The lowest BCUT2D eigenvalue weighted by Gasteiger charge is -2.44. The molecular formula is C35H47N3O4S. The minimum atomic E-state index is -0.954. The number of nitrogens with zero attached hydrogens (tertiary/aromatic N) is 1. The van der Waals surface area contributed by atoms with Gasteiger partial charge in [-0.05, 0) is 102 Å². The van der Waals surface area contributed by atoms with E-state index in [0.717, 1.165) is 21.9 Å². The highest BCUT2D eigenvalue weighted by molar-refractivity contribution is 7.98. The molecule has 3 aromatic rings. The van der Waals surface area contributed by atoms with Gasteiger partial charge in [0.1, 0.15) is 17.7 Å². The van der Waals surface area contributed by atoms with E-state index in [4.69, 9.17) is 4.74 Å². The van der Waals surface area contributed by atoms with E-state index in [1.807, 2.05) is 102 Å². The third kappa shape index (κ3) is 9.23. The van der Waals surface area contributed by atoms with Gasteiger partial charge in [0.15, 0.2) is 0 Å². The van der Waals surface area contributed by atoms with Gasteiger partial charge >= 0.3 is 6.09 Å². The summed E-state index contributed by atoms with van der Waals surface area (Å²) in [5.74, 6) is -0.00924. The van der Waals surface area contributed by atoms with Crippen LogP contribution in [-0.4, -0.2) is 52.0 Å². The summed E-state index contributed by atoms with van der Waals surface area (Å²) in [6, 6.07) is 17.9. The molecule has 232 valence electrons. The lowest BCUT2D eigenvalue weighted by molar-refractivity contribution is -0.147. The van der Waals surface area contributed by atoms with Crippen LogP contribution in [-0.2, 0) is 14.3 Å². The van der Waals surface area contributed by atoms with E-state index in [1.54, 1.807) is 37.4 Å². The van der Waals surface area contributed by atoms with Crippen molar-refractivity contribution < 1.29 is 19.1 Å². The third-order valence-electron chi connectivity index (χ3n) is 7.44. The molecule has 3 aromatic carbocycles. The van der Waals surface area contributed by atoms with E-state index in [0.29, 0.717) is 29.8 Å². The highest BCUT2D eigenvalue weighted by Gasteiger charge is 2.43. The molecule has 0 spiro atoms. The molecule has 2 unspecified atom stereocenters. The predicted molar refractivity (Wildman–Crippen MR) is 179 cm³/mol. The Morgan fingerprint density at radius 1 is 0.907 bits per heavy atom. The largest absolute Gasteiger partial charge is 0.444 e. The summed E-state index contributed by atoms with van der Waals surface area (Å²) in [7, 11) is 0. The Hall–Kier alpha value is -3.52. The molecule has 0 bridgehead atoms. The smallest absolute Gasteiger partial charge is 0.408 e. The number of benzene rings is 3. The molecule has 0 radical (unpaired) electrons. The van der Waals surface area contributed by atoms with Crippen molar-refractivity contribution in [1.82, 2.24) is 10.2 Å². The number of carbonyl (C=O) groups is 3.